The molecule has 4 heteroatoms. The maximum Gasteiger partial charge on any atom is 0.192 e. The minimum absolute atomic E-state index is 0.243. The van der Waals surface area contributed by atoms with E-state index in [4.69, 9.17) is 21.7 Å². The predicted octanol–water partition coefficient (Wildman–Crippen LogP) is 1.34. The number of carbonyl (C=O) groups excluding carboxylic acids is 1. The van der Waals surface area contributed by atoms with Crippen molar-refractivity contribution in [3.05, 3.63) is 0 Å². The molecule has 0 saturated heterocycles. The molecule has 0 aliphatic carbocycles. The first kappa shape index (κ1) is 11.5. The molecule has 0 aromatic carbocycles. The van der Waals surface area contributed by atoms with E-state index in [1.807, 2.05) is 6.92 Å². The summed E-state index contributed by atoms with van der Waals surface area (Å²) in [7, 11) is 3.01. The minimum atomic E-state index is -0.716. The molecule has 0 aliphatic heterocycles. The van der Waals surface area contributed by atoms with Gasteiger partial charge in [0.1, 0.15) is 11.9 Å². The summed E-state index contributed by atoms with van der Waals surface area (Å²) in [6, 6.07) is 0. The van der Waals surface area contributed by atoms with Crippen LogP contribution in [0.1, 0.15) is 19.8 Å². The molecule has 0 aliphatic rings. The number of ether oxygens (including phenoxy) is 2. The Labute approximate surface area is 78.0 Å². The summed E-state index contributed by atoms with van der Waals surface area (Å²) in [6.45, 7) is 1.90. The third kappa shape index (κ3) is 2.25. The van der Waals surface area contributed by atoms with Crippen molar-refractivity contribution in [3.63, 3.8) is 0 Å². The molecular weight excluding hydrogens is 176 g/mol. The predicted molar refractivity (Wildman–Crippen MR) is 50.3 cm³/mol. The fourth-order valence-electron chi connectivity index (χ4n) is 1.00. The van der Waals surface area contributed by atoms with Crippen LogP contribution >= 0.6 is 12.2 Å². The number of aldehydes is 1. The molecule has 1 unspecified atom stereocenters. The monoisotopic (exact) mass is 190 g/mol. The first-order valence-electron chi connectivity index (χ1n) is 3.74. The van der Waals surface area contributed by atoms with E-state index in [0.717, 1.165) is 6.29 Å². The third-order valence-corrected chi connectivity index (χ3v) is 2.47. The van der Waals surface area contributed by atoms with Gasteiger partial charge in [-0.05, 0) is 18.6 Å². The van der Waals surface area contributed by atoms with Crippen molar-refractivity contribution in [1.82, 2.24) is 0 Å². The number of methoxy groups -OCH3 is 2. The molecule has 0 heterocycles. The average Bonchev–Trinajstić information content (AvgIpc) is 2.13. The van der Waals surface area contributed by atoms with Crippen LogP contribution in [-0.2, 0) is 14.3 Å². The molecule has 0 bridgehead atoms. The van der Waals surface area contributed by atoms with Crippen molar-refractivity contribution in [2.75, 3.05) is 14.2 Å². The van der Waals surface area contributed by atoms with Crippen molar-refractivity contribution in [2.24, 2.45) is 0 Å². The number of rotatable bonds is 5. The molecule has 0 spiro atoms. The van der Waals surface area contributed by atoms with E-state index in [1.165, 1.54) is 14.2 Å². The smallest absolute Gasteiger partial charge is 0.192 e. The molecule has 0 aromatic rings. The molecule has 0 fully saturated rings. The Kier molecular flexibility index (Phi) is 5.01. The standard InChI is InChI=1S/C8H14O3S/c1-4-8(11-3,5-6-9)7(12)10-2/h6H,4-5H2,1-3H3. The average molecular weight is 190 g/mol. The van der Waals surface area contributed by atoms with Gasteiger partial charge in [-0.25, -0.2) is 0 Å². The van der Waals surface area contributed by atoms with Crippen molar-refractivity contribution in [3.8, 4) is 0 Å². The molecule has 3 nitrogen and oxygen atoms in total. The largest absolute Gasteiger partial charge is 0.488 e. The van der Waals surface area contributed by atoms with Gasteiger partial charge in [-0.1, -0.05) is 6.92 Å². The van der Waals surface area contributed by atoms with Gasteiger partial charge in [0.2, 0.25) is 0 Å². The zero-order valence-corrected chi connectivity index (χ0v) is 8.44. The van der Waals surface area contributed by atoms with Crippen molar-refractivity contribution in [1.29, 1.82) is 0 Å². The molecule has 12 heavy (non-hydrogen) atoms. The minimum Gasteiger partial charge on any atom is -0.488 e. The SMILES string of the molecule is CCC(CC=O)(OC)C(=S)OC. The zero-order chi connectivity index (χ0) is 9.61. The van der Waals surface area contributed by atoms with Crippen molar-refractivity contribution in [2.45, 2.75) is 25.4 Å². The fraction of sp³-hybridized carbons (Fsp3) is 0.750. The lowest BCUT2D eigenvalue weighted by atomic mass is 9.98. The maximum atomic E-state index is 10.4. The lowest BCUT2D eigenvalue weighted by Gasteiger charge is -2.28. The van der Waals surface area contributed by atoms with E-state index >= 15 is 0 Å². The van der Waals surface area contributed by atoms with Crippen LogP contribution in [0.25, 0.3) is 0 Å². The molecule has 70 valence electrons. The Bertz CT molecular complexity index is 164. The number of hydrogen-bond donors (Lipinski definition) is 0. The van der Waals surface area contributed by atoms with E-state index in [2.05, 4.69) is 0 Å². The van der Waals surface area contributed by atoms with Crippen LogP contribution < -0.4 is 0 Å². The Balaban J connectivity index is 4.55. The summed E-state index contributed by atoms with van der Waals surface area (Å²) in [6.07, 6.45) is 1.67. The molecule has 0 aromatic heterocycles. The highest BCUT2D eigenvalue weighted by Gasteiger charge is 2.33. The molecular formula is C8H14O3S. The first-order chi connectivity index (χ1) is 5.66. The van der Waals surface area contributed by atoms with Crippen LogP contribution in [0.15, 0.2) is 0 Å². The highest BCUT2D eigenvalue weighted by Crippen LogP contribution is 2.21. The maximum absolute atomic E-state index is 10.4. The summed E-state index contributed by atoms with van der Waals surface area (Å²) >= 11 is 4.95. The second-order valence-electron chi connectivity index (χ2n) is 2.41. The highest BCUT2D eigenvalue weighted by molar-refractivity contribution is 7.80. The van der Waals surface area contributed by atoms with E-state index in [0.29, 0.717) is 11.5 Å². The Morgan fingerprint density at radius 1 is 1.58 bits per heavy atom. The molecule has 0 saturated carbocycles. The number of carbonyl (C=O) groups is 1. The van der Waals surface area contributed by atoms with Gasteiger partial charge in [0.15, 0.2) is 5.05 Å². The Morgan fingerprint density at radius 2 is 2.17 bits per heavy atom. The quantitative estimate of drug-likeness (QED) is 0.484. The van der Waals surface area contributed by atoms with Gasteiger partial charge in [0.25, 0.3) is 0 Å². The van der Waals surface area contributed by atoms with E-state index in [1.54, 1.807) is 0 Å². The summed E-state index contributed by atoms with van der Waals surface area (Å²) in [4.78, 5) is 10.4. The van der Waals surface area contributed by atoms with Crippen molar-refractivity contribution >= 4 is 23.6 Å². The van der Waals surface area contributed by atoms with E-state index in [9.17, 15) is 4.79 Å². The first-order valence-corrected chi connectivity index (χ1v) is 4.15. The molecule has 0 amide bonds. The fourth-order valence-corrected chi connectivity index (χ4v) is 1.31. The van der Waals surface area contributed by atoms with Gasteiger partial charge >= 0.3 is 0 Å². The molecule has 0 rings (SSSR count). The van der Waals surface area contributed by atoms with E-state index < -0.39 is 5.60 Å². The van der Waals surface area contributed by atoms with Crippen LogP contribution in [0.2, 0.25) is 0 Å². The van der Waals surface area contributed by atoms with Crippen molar-refractivity contribution < 1.29 is 14.3 Å². The van der Waals surface area contributed by atoms with E-state index in [-0.39, 0.29) is 6.42 Å². The van der Waals surface area contributed by atoms with Gasteiger partial charge in [-0.2, -0.15) is 0 Å². The zero-order valence-electron chi connectivity index (χ0n) is 7.62. The Morgan fingerprint density at radius 3 is 2.42 bits per heavy atom. The van der Waals surface area contributed by atoms with Gasteiger partial charge in [-0.3, -0.25) is 0 Å². The van der Waals surface area contributed by atoms with Crippen LogP contribution in [0.5, 0.6) is 0 Å². The normalized spacial score (nSPS) is 14.9. The summed E-state index contributed by atoms with van der Waals surface area (Å²) in [5.41, 5.74) is -0.716. The molecule has 1 atom stereocenters. The lowest BCUT2D eigenvalue weighted by molar-refractivity contribution is -0.111. The lowest BCUT2D eigenvalue weighted by Crippen LogP contribution is -2.40. The van der Waals surface area contributed by atoms with Crippen LogP contribution in [0.3, 0.4) is 0 Å². The second-order valence-corrected chi connectivity index (χ2v) is 2.79. The van der Waals surface area contributed by atoms with Gasteiger partial charge in [0, 0.05) is 13.5 Å². The van der Waals surface area contributed by atoms with Crippen LogP contribution in [0.4, 0.5) is 0 Å². The molecule has 0 N–H and O–H groups in total. The highest BCUT2D eigenvalue weighted by atomic mass is 32.1. The second kappa shape index (κ2) is 5.22. The van der Waals surface area contributed by atoms with Gasteiger partial charge in [-0.15, -0.1) is 0 Å². The van der Waals surface area contributed by atoms with Gasteiger partial charge < -0.3 is 14.3 Å². The van der Waals surface area contributed by atoms with Gasteiger partial charge in [0.05, 0.1) is 7.11 Å². The topological polar surface area (TPSA) is 35.5 Å². The number of hydrogen-bond acceptors (Lipinski definition) is 4. The number of thiocarbonyl (C=S) groups is 1. The van der Waals surface area contributed by atoms with Crippen LogP contribution in [0, 0.1) is 0 Å². The molecule has 0 radical (unpaired) electrons. The summed E-state index contributed by atoms with van der Waals surface area (Å²) in [5.74, 6) is 0. The summed E-state index contributed by atoms with van der Waals surface area (Å²) in [5, 5.41) is 0.333. The third-order valence-electron chi connectivity index (χ3n) is 1.93. The van der Waals surface area contributed by atoms with Crippen LogP contribution in [-0.4, -0.2) is 31.2 Å². The summed E-state index contributed by atoms with van der Waals surface area (Å²) < 4.78 is 10.1. The Hall–Kier alpha value is -0.480.